The normalized spacial score (nSPS) is 25.9. The average Bonchev–Trinajstić information content (AvgIpc) is 2.53. The van der Waals surface area contributed by atoms with Crippen LogP contribution in [-0.4, -0.2) is 13.1 Å². The Hall–Kier alpha value is -1.60. The van der Waals surface area contributed by atoms with Gasteiger partial charge in [0.15, 0.2) is 0 Å². The first kappa shape index (κ1) is 15.9. The lowest BCUT2D eigenvalue weighted by atomic mass is 9.65. The highest BCUT2D eigenvalue weighted by Gasteiger charge is 2.37. The monoisotopic (exact) mass is 319 g/mol. The molecular weight excluding hydrogens is 290 g/mol. The van der Waals surface area contributed by atoms with Crippen LogP contribution in [0.1, 0.15) is 63.6 Å². The third-order valence-electron chi connectivity index (χ3n) is 6.27. The largest absolute Gasteiger partial charge is 0.316 e. The molecule has 3 atom stereocenters. The molecule has 2 aromatic carbocycles. The zero-order valence-electron chi connectivity index (χ0n) is 15.4. The maximum absolute atomic E-state index is 3.63. The van der Waals surface area contributed by atoms with Gasteiger partial charge in [-0.25, -0.2) is 0 Å². The molecule has 3 unspecified atom stereocenters. The molecule has 1 N–H and O–H groups in total. The van der Waals surface area contributed by atoms with E-state index in [9.17, 15) is 0 Å². The van der Waals surface area contributed by atoms with Crippen molar-refractivity contribution < 1.29 is 0 Å². The Morgan fingerprint density at radius 2 is 1.62 bits per heavy atom. The first-order chi connectivity index (χ1) is 11.5. The van der Waals surface area contributed by atoms with Crippen LogP contribution in [0.3, 0.4) is 0 Å². The molecule has 0 bridgehead atoms. The van der Waals surface area contributed by atoms with Gasteiger partial charge < -0.3 is 5.32 Å². The molecule has 1 nitrogen and oxygen atoms in total. The fourth-order valence-electron chi connectivity index (χ4n) is 5.34. The lowest BCUT2D eigenvalue weighted by Gasteiger charge is -2.42. The number of rotatable bonds is 1. The van der Waals surface area contributed by atoms with Crippen LogP contribution in [0.25, 0.3) is 0 Å². The molecule has 1 aliphatic heterocycles. The fourth-order valence-corrected chi connectivity index (χ4v) is 5.34. The van der Waals surface area contributed by atoms with Crippen molar-refractivity contribution in [2.45, 2.75) is 52.4 Å². The van der Waals surface area contributed by atoms with Gasteiger partial charge in [0, 0.05) is 12.5 Å². The third kappa shape index (κ3) is 2.59. The molecule has 0 saturated carbocycles. The summed E-state index contributed by atoms with van der Waals surface area (Å²) in [6, 6.07) is 11.9. The van der Waals surface area contributed by atoms with Crippen molar-refractivity contribution in [2.24, 2.45) is 5.92 Å². The second kappa shape index (κ2) is 6.04. The minimum absolute atomic E-state index is 0.570. The summed E-state index contributed by atoms with van der Waals surface area (Å²) >= 11 is 0. The summed E-state index contributed by atoms with van der Waals surface area (Å²) in [7, 11) is 0. The van der Waals surface area contributed by atoms with Gasteiger partial charge in [-0.1, -0.05) is 41.5 Å². The molecule has 4 rings (SSSR count). The fraction of sp³-hybridized carbons (Fsp3) is 0.478. The Balaban J connectivity index is 1.88. The van der Waals surface area contributed by atoms with E-state index in [1.807, 2.05) is 0 Å². The number of nitrogens with one attached hydrogen (secondary N) is 1. The Morgan fingerprint density at radius 3 is 2.38 bits per heavy atom. The molecule has 1 heteroatoms. The van der Waals surface area contributed by atoms with E-state index >= 15 is 0 Å². The summed E-state index contributed by atoms with van der Waals surface area (Å²) in [6.45, 7) is 11.4. The van der Waals surface area contributed by atoms with Crippen LogP contribution in [0.15, 0.2) is 30.3 Å². The van der Waals surface area contributed by atoms with Gasteiger partial charge in [-0.2, -0.15) is 0 Å². The first-order valence-corrected chi connectivity index (χ1v) is 9.43. The molecule has 0 amide bonds. The predicted molar refractivity (Wildman–Crippen MR) is 102 cm³/mol. The molecule has 1 saturated heterocycles. The van der Waals surface area contributed by atoms with Crippen molar-refractivity contribution in [3.63, 3.8) is 0 Å². The smallest absolute Gasteiger partial charge is 0.0100 e. The van der Waals surface area contributed by atoms with E-state index in [0.29, 0.717) is 11.8 Å². The van der Waals surface area contributed by atoms with E-state index in [-0.39, 0.29) is 0 Å². The molecular formula is C23H29N. The Morgan fingerprint density at radius 1 is 0.875 bits per heavy atom. The molecule has 24 heavy (non-hydrogen) atoms. The maximum Gasteiger partial charge on any atom is 0.0100 e. The molecule has 1 aliphatic carbocycles. The molecule has 1 heterocycles. The van der Waals surface area contributed by atoms with Crippen LogP contribution >= 0.6 is 0 Å². The van der Waals surface area contributed by atoms with Crippen LogP contribution in [0.2, 0.25) is 0 Å². The zero-order valence-corrected chi connectivity index (χ0v) is 15.4. The molecule has 0 aromatic heterocycles. The number of piperidine rings is 1. The van der Waals surface area contributed by atoms with E-state index in [0.717, 1.165) is 12.5 Å². The topological polar surface area (TPSA) is 12.0 Å². The van der Waals surface area contributed by atoms with Crippen LogP contribution in [0.4, 0.5) is 0 Å². The highest BCUT2D eigenvalue weighted by molar-refractivity contribution is 5.50. The average molecular weight is 319 g/mol. The summed E-state index contributed by atoms with van der Waals surface area (Å²) in [5.41, 5.74) is 10.5. The van der Waals surface area contributed by atoms with Gasteiger partial charge in [0.1, 0.15) is 0 Å². The maximum atomic E-state index is 3.63. The van der Waals surface area contributed by atoms with Gasteiger partial charge in [-0.3, -0.25) is 0 Å². The van der Waals surface area contributed by atoms with E-state index in [4.69, 9.17) is 0 Å². The van der Waals surface area contributed by atoms with Gasteiger partial charge in [0.05, 0.1) is 0 Å². The van der Waals surface area contributed by atoms with E-state index in [1.54, 1.807) is 16.7 Å². The van der Waals surface area contributed by atoms with Gasteiger partial charge >= 0.3 is 0 Å². The van der Waals surface area contributed by atoms with Crippen LogP contribution < -0.4 is 5.32 Å². The summed E-state index contributed by atoms with van der Waals surface area (Å²) < 4.78 is 0. The molecule has 0 spiro atoms. The van der Waals surface area contributed by atoms with E-state index < -0.39 is 0 Å². The van der Waals surface area contributed by atoms with E-state index in [1.165, 1.54) is 41.6 Å². The number of fused-ring (bicyclic) bond motifs is 3. The highest BCUT2D eigenvalue weighted by atomic mass is 14.9. The third-order valence-corrected chi connectivity index (χ3v) is 6.27. The number of aryl methyl sites for hydroxylation is 4. The standard InChI is InChI=1S/C23H29N/c1-14-5-6-19-20(11-14)22-13-24-8-7-18(22)12-21(19)23-16(3)9-15(2)10-17(23)4/h5-6,9-11,18,21-22,24H,7-8,12-13H2,1-4H3. The van der Waals surface area contributed by atoms with Gasteiger partial charge in [-0.05, 0) is 86.7 Å². The van der Waals surface area contributed by atoms with Gasteiger partial charge in [0.2, 0.25) is 0 Å². The van der Waals surface area contributed by atoms with Crippen molar-refractivity contribution in [2.75, 3.05) is 13.1 Å². The van der Waals surface area contributed by atoms with Crippen molar-refractivity contribution in [3.8, 4) is 0 Å². The lowest BCUT2D eigenvalue weighted by Crippen LogP contribution is -2.39. The van der Waals surface area contributed by atoms with Crippen LogP contribution in [-0.2, 0) is 0 Å². The second-order valence-corrected chi connectivity index (χ2v) is 8.09. The molecule has 2 aliphatic rings. The minimum atomic E-state index is 0.570. The lowest BCUT2D eigenvalue weighted by molar-refractivity contribution is 0.278. The van der Waals surface area contributed by atoms with Crippen molar-refractivity contribution in [1.82, 2.24) is 5.32 Å². The Labute approximate surface area is 146 Å². The van der Waals surface area contributed by atoms with Crippen molar-refractivity contribution in [3.05, 3.63) is 69.3 Å². The summed E-state index contributed by atoms with van der Waals surface area (Å²) in [5.74, 6) is 2.10. The van der Waals surface area contributed by atoms with Crippen LogP contribution in [0, 0.1) is 33.6 Å². The summed E-state index contributed by atoms with van der Waals surface area (Å²) in [4.78, 5) is 0. The molecule has 2 aromatic rings. The van der Waals surface area contributed by atoms with Crippen molar-refractivity contribution >= 4 is 0 Å². The Kier molecular flexibility index (Phi) is 4.00. The van der Waals surface area contributed by atoms with Gasteiger partial charge in [-0.15, -0.1) is 0 Å². The minimum Gasteiger partial charge on any atom is -0.316 e. The second-order valence-electron chi connectivity index (χ2n) is 8.09. The molecule has 0 radical (unpaired) electrons. The summed E-state index contributed by atoms with van der Waals surface area (Å²) in [5, 5.41) is 3.63. The predicted octanol–water partition coefficient (Wildman–Crippen LogP) is 5.15. The number of hydrogen-bond donors (Lipinski definition) is 1. The van der Waals surface area contributed by atoms with Crippen LogP contribution in [0.5, 0.6) is 0 Å². The Bertz CT molecular complexity index is 751. The quantitative estimate of drug-likeness (QED) is 0.766. The SMILES string of the molecule is Cc1cc(C)c(C2CC3CCNCC3c3cc(C)ccc32)c(C)c1. The van der Waals surface area contributed by atoms with Crippen molar-refractivity contribution in [1.29, 1.82) is 0 Å². The highest BCUT2D eigenvalue weighted by Crippen LogP contribution is 2.49. The number of benzene rings is 2. The summed E-state index contributed by atoms with van der Waals surface area (Å²) in [6.07, 6.45) is 2.63. The zero-order chi connectivity index (χ0) is 16.8. The first-order valence-electron chi connectivity index (χ1n) is 9.43. The molecule has 1 fully saturated rings. The number of hydrogen-bond acceptors (Lipinski definition) is 1. The van der Waals surface area contributed by atoms with E-state index in [2.05, 4.69) is 63.3 Å². The van der Waals surface area contributed by atoms with Gasteiger partial charge in [0.25, 0.3) is 0 Å². The molecule has 126 valence electrons.